The van der Waals surface area contributed by atoms with Crippen LogP contribution < -0.4 is 11.1 Å². The molecule has 3 N–H and O–H groups in total. The molecule has 1 saturated heterocycles. The zero-order valence-corrected chi connectivity index (χ0v) is 13.3. The van der Waals surface area contributed by atoms with E-state index in [1.165, 1.54) is 0 Å². The lowest BCUT2D eigenvalue weighted by atomic mass is 10.2. The van der Waals surface area contributed by atoms with Gasteiger partial charge in [-0.05, 0) is 41.2 Å². The van der Waals surface area contributed by atoms with E-state index >= 15 is 0 Å². The largest absolute Gasteiger partial charge is 0.398 e. The number of carbonyl (C=O) groups is 1. The van der Waals surface area contributed by atoms with E-state index in [-0.39, 0.29) is 5.91 Å². The van der Waals surface area contributed by atoms with Crippen molar-refractivity contribution in [2.45, 2.75) is 0 Å². The summed E-state index contributed by atoms with van der Waals surface area (Å²) >= 11 is 3.33. The van der Waals surface area contributed by atoms with Gasteiger partial charge in [-0.1, -0.05) is 0 Å². The van der Waals surface area contributed by atoms with Crippen LogP contribution in [0.2, 0.25) is 0 Å². The molecule has 0 unspecified atom stereocenters. The highest BCUT2D eigenvalue weighted by Crippen LogP contribution is 2.20. The number of amides is 1. The molecule has 0 aliphatic carbocycles. The fourth-order valence-corrected chi connectivity index (χ4v) is 2.55. The molecule has 110 valence electrons. The van der Waals surface area contributed by atoms with Crippen LogP contribution in [0.3, 0.4) is 0 Å². The normalized spacial score (nSPS) is 17.1. The van der Waals surface area contributed by atoms with Crippen LogP contribution in [0.1, 0.15) is 10.4 Å². The third kappa shape index (κ3) is 4.19. The predicted octanol–water partition coefficient (Wildman–Crippen LogP) is 1.01. The Labute approximate surface area is 128 Å². The van der Waals surface area contributed by atoms with Gasteiger partial charge in [0.05, 0.1) is 0 Å². The van der Waals surface area contributed by atoms with Gasteiger partial charge in [0, 0.05) is 55.0 Å². The van der Waals surface area contributed by atoms with Gasteiger partial charge in [-0.2, -0.15) is 0 Å². The number of halogens is 1. The Morgan fingerprint density at radius 2 is 2.05 bits per heavy atom. The average molecular weight is 341 g/mol. The Hall–Kier alpha value is -1.11. The van der Waals surface area contributed by atoms with Crippen LogP contribution in [0.4, 0.5) is 5.69 Å². The number of nitrogen functional groups attached to an aromatic ring is 1. The molecule has 0 aromatic heterocycles. The van der Waals surface area contributed by atoms with Gasteiger partial charge in [-0.3, -0.25) is 9.69 Å². The summed E-state index contributed by atoms with van der Waals surface area (Å²) < 4.78 is 0.754. The molecule has 20 heavy (non-hydrogen) atoms. The Bertz CT molecular complexity index is 472. The third-order valence-electron chi connectivity index (χ3n) is 3.57. The molecule has 0 radical (unpaired) electrons. The minimum absolute atomic E-state index is 0.0557. The fourth-order valence-electron chi connectivity index (χ4n) is 2.17. The molecule has 6 heteroatoms. The van der Waals surface area contributed by atoms with Gasteiger partial charge in [-0.15, -0.1) is 0 Å². The first kappa shape index (κ1) is 15.3. The van der Waals surface area contributed by atoms with Gasteiger partial charge in [0.25, 0.3) is 5.91 Å². The number of benzene rings is 1. The first-order valence-electron chi connectivity index (χ1n) is 6.80. The average Bonchev–Trinajstić information content (AvgIpc) is 2.44. The molecule has 1 aromatic carbocycles. The first-order valence-corrected chi connectivity index (χ1v) is 7.59. The molecule has 0 spiro atoms. The van der Waals surface area contributed by atoms with Gasteiger partial charge < -0.3 is 16.0 Å². The number of anilines is 1. The summed E-state index contributed by atoms with van der Waals surface area (Å²) in [6.07, 6.45) is 0. The highest BCUT2D eigenvalue weighted by atomic mass is 79.9. The van der Waals surface area contributed by atoms with Crippen molar-refractivity contribution in [1.82, 2.24) is 15.1 Å². The number of hydrogen-bond donors (Lipinski definition) is 2. The van der Waals surface area contributed by atoms with E-state index in [4.69, 9.17) is 5.73 Å². The number of nitrogens with zero attached hydrogens (tertiary/aromatic N) is 2. The van der Waals surface area contributed by atoms with Crippen LogP contribution in [0.5, 0.6) is 0 Å². The molecule has 5 nitrogen and oxygen atoms in total. The van der Waals surface area contributed by atoms with Gasteiger partial charge in [-0.25, -0.2) is 0 Å². The summed E-state index contributed by atoms with van der Waals surface area (Å²) in [4.78, 5) is 16.7. The summed E-state index contributed by atoms with van der Waals surface area (Å²) in [5.74, 6) is -0.0557. The molecular weight excluding hydrogens is 320 g/mol. The summed E-state index contributed by atoms with van der Waals surface area (Å²) in [7, 11) is 2.14. The van der Waals surface area contributed by atoms with Crippen molar-refractivity contribution >= 4 is 27.5 Å². The lowest BCUT2D eigenvalue weighted by molar-refractivity contribution is 0.0941. The smallest absolute Gasteiger partial charge is 0.251 e. The Morgan fingerprint density at radius 3 is 2.70 bits per heavy atom. The summed E-state index contributed by atoms with van der Waals surface area (Å²) in [5, 5.41) is 2.95. The number of likely N-dealkylation sites (N-methyl/N-ethyl adjacent to an activating group) is 1. The lowest BCUT2D eigenvalue weighted by Gasteiger charge is -2.32. The minimum Gasteiger partial charge on any atom is -0.398 e. The van der Waals surface area contributed by atoms with Crippen molar-refractivity contribution in [3.63, 3.8) is 0 Å². The first-order chi connectivity index (χ1) is 9.56. The SMILES string of the molecule is CN1CCN(CCNC(=O)c2ccc(N)c(Br)c2)CC1. The van der Waals surface area contributed by atoms with Crippen LogP contribution in [-0.4, -0.2) is 62.0 Å². The van der Waals surface area contributed by atoms with Crippen LogP contribution in [0, 0.1) is 0 Å². The van der Waals surface area contributed by atoms with Crippen molar-refractivity contribution in [3.8, 4) is 0 Å². The van der Waals surface area contributed by atoms with Crippen molar-refractivity contribution in [2.75, 3.05) is 52.0 Å². The van der Waals surface area contributed by atoms with E-state index in [0.29, 0.717) is 17.8 Å². The van der Waals surface area contributed by atoms with Crippen molar-refractivity contribution < 1.29 is 4.79 Å². The summed E-state index contributed by atoms with van der Waals surface area (Å²) in [6.45, 7) is 5.90. The second-order valence-electron chi connectivity index (χ2n) is 5.14. The van der Waals surface area contributed by atoms with Gasteiger partial charge in [0.1, 0.15) is 0 Å². The van der Waals surface area contributed by atoms with E-state index in [9.17, 15) is 4.79 Å². The van der Waals surface area contributed by atoms with Gasteiger partial charge >= 0.3 is 0 Å². The second-order valence-corrected chi connectivity index (χ2v) is 5.99. The Morgan fingerprint density at radius 1 is 1.35 bits per heavy atom. The Kier molecular flexibility index (Phi) is 5.39. The molecule has 1 heterocycles. The molecule has 1 aliphatic rings. The van der Waals surface area contributed by atoms with E-state index in [1.807, 2.05) is 0 Å². The zero-order valence-electron chi connectivity index (χ0n) is 11.7. The van der Waals surface area contributed by atoms with Gasteiger partial charge in [0.15, 0.2) is 0 Å². The minimum atomic E-state index is -0.0557. The maximum Gasteiger partial charge on any atom is 0.251 e. The number of carbonyl (C=O) groups excluding carboxylic acids is 1. The van der Waals surface area contributed by atoms with E-state index in [0.717, 1.165) is 37.2 Å². The molecule has 1 fully saturated rings. The van der Waals surface area contributed by atoms with Crippen molar-refractivity contribution in [3.05, 3.63) is 28.2 Å². The Balaban J connectivity index is 1.76. The van der Waals surface area contributed by atoms with Crippen LogP contribution >= 0.6 is 15.9 Å². The number of hydrogen-bond acceptors (Lipinski definition) is 4. The third-order valence-corrected chi connectivity index (χ3v) is 4.26. The zero-order chi connectivity index (χ0) is 14.5. The fraction of sp³-hybridized carbons (Fsp3) is 0.500. The summed E-state index contributed by atoms with van der Waals surface area (Å²) in [5.41, 5.74) is 6.98. The van der Waals surface area contributed by atoms with E-state index in [1.54, 1.807) is 18.2 Å². The van der Waals surface area contributed by atoms with E-state index in [2.05, 4.69) is 38.1 Å². The predicted molar refractivity (Wildman–Crippen MR) is 84.8 cm³/mol. The maximum absolute atomic E-state index is 12.0. The highest BCUT2D eigenvalue weighted by molar-refractivity contribution is 9.10. The number of piperazine rings is 1. The maximum atomic E-state index is 12.0. The number of nitrogens with two attached hydrogens (primary N) is 1. The molecular formula is C14H21BrN4O. The lowest BCUT2D eigenvalue weighted by Crippen LogP contribution is -2.46. The summed E-state index contributed by atoms with van der Waals surface area (Å²) in [6, 6.07) is 5.23. The van der Waals surface area contributed by atoms with Gasteiger partial charge in [0.2, 0.25) is 0 Å². The monoisotopic (exact) mass is 340 g/mol. The molecule has 2 rings (SSSR count). The highest BCUT2D eigenvalue weighted by Gasteiger charge is 2.13. The van der Waals surface area contributed by atoms with Crippen molar-refractivity contribution in [1.29, 1.82) is 0 Å². The van der Waals surface area contributed by atoms with Crippen LogP contribution in [0.15, 0.2) is 22.7 Å². The van der Waals surface area contributed by atoms with Crippen LogP contribution in [0.25, 0.3) is 0 Å². The molecule has 0 bridgehead atoms. The van der Waals surface area contributed by atoms with Crippen molar-refractivity contribution in [2.24, 2.45) is 0 Å². The molecule has 1 amide bonds. The second kappa shape index (κ2) is 7.06. The molecule has 1 aliphatic heterocycles. The topological polar surface area (TPSA) is 61.6 Å². The van der Waals surface area contributed by atoms with Crippen LogP contribution in [-0.2, 0) is 0 Å². The quantitative estimate of drug-likeness (QED) is 0.803. The molecule has 0 atom stereocenters. The number of nitrogens with one attached hydrogen (secondary N) is 1. The number of rotatable bonds is 4. The molecule has 0 saturated carbocycles. The molecule has 1 aromatic rings. The standard InChI is InChI=1S/C14H21BrN4O/c1-18-6-8-19(9-7-18)5-4-17-14(20)11-2-3-13(16)12(15)10-11/h2-3,10H,4-9,16H2,1H3,(H,17,20). The van der Waals surface area contributed by atoms with E-state index < -0.39 is 0 Å².